The number of rotatable bonds is 13. The van der Waals surface area contributed by atoms with Crippen molar-refractivity contribution < 1.29 is 28.7 Å². The van der Waals surface area contributed by atoms with Crippen LogP contribution in [-0.4, -0.2) is 46.6 Å². The third kappa shape index (κ3) is 10.2. The van der Waals surface area contributed by atoms with Crippen LogP contribution in [0.5, 0.6) is 0 Å². The van der Waals surface area contributed by atoms with Crippen molar-refractivity contribution in [1.29, 1.82) is 0 Å². The Kier molecular flexibility index (Phi) is 11.7. The number of nitrogens with one attached hydrogen (secondary N) is 3. The second kappa shape index (κ2) is 16.4. The second-order valence-corrected chi connectivity index (χ2v) is 16.2. The van der Waals surface area contributed by atoms with E-state index in [-0.39, 0.29) is 41.6 Å². The number of carbonyl (C=O) groups excluding carboxylic acids is 5. The molecule has 3 N–H and O–H groups in total. The molecule has 2 aliphatic carbocycles. The smallest absolute Gasteiger partial charge is 0.407 e. The first-order valence-electron chi connectivity index (χ1n) is 19.1. The van der Waals surface area contributed by atoms with Gasteiger partial charge in [0, 0.05) is 53.9 Å². The number of pyridine rings is 1. The van der Waals surface area contributed by atoms with E-state index in [1.54, 1.807) is 12.1 Å². The van der Waals surface area contributed by atoms with Crippen LogP contribution in [0.2, 0.25) is 0 Å². The molecule has 10 nitrogen and oxygen atoms in total. The van der Waals surface area contributed by atoms with E-state index in [1.165, 1.54) is 6.42 Å². The fourth-order valence-corrected chi connectivity index (χ4v) is 7.62. The van der Waals surface area contributed by atoms with Crippen LogP contribution >= 0.6 is 0 Å². The molecular weight excluding hydrogens is 668 g/mol. The zero-order valence-electron chi connectivity index (χ0n) is 31.4. The average Bonchev–Trinajstić information content (AvgIpc) is 3.47. The van der Waals surface area contributed by atoms with Crippen LogP contribution in [0.15, 0.2) is 54.6 Å². The third-order valence-corrected chi connectivity index (χ3v) is 10.9. The van der Waals surface area contributed by atoms with Crippen LogP contribution in [0, 0.1) is 30.6 Å². The van der Waals surface area contributed by atoms with Crippen LogP contribution in [0.25, 0.3) is 11.1 Å². The Balaban J connectivity index is 1.10. The highest BCUT2D eigenvalue weighted by molar-refractivity contribution is 6.01. The molecule has 53 heavy (non-hydrogen) atoms. The Morgan fingerprint density at radius 1 is 0.925 bits per heavy atom. The van der Waals surface area contributed by atoms with Gasteiger partial charge in [-0.3, -0.25) is 19.2 Å². The summed E-state index contributed by atoms with van der Waals surface area (Å²) in [6.45, 7) is 7.92. The predicted molar refractivity (Wildman–Crippen MR) is 205 cm³/mol. The van der Waals surface area contributed by atoms with Crippen LogP contribution in [0.4, 0.5) is 16.2 Å². The number of hydrogen-bond donors (Lipinski definition) is 3. The van der Waals surface area contributed by atoms with Gasteiger partial charge in [0.15, 0.2) is 5.78 Å². The maximum absolute atomic E-state index is 13.9. The Bertz CT molecular complexity index is 1850. The number of ketones is 2. The van der Waals surface area contributed by atoms with E-state index in [0.717, 1.165) is 53.6 Å². The number of carbonyl (C=O) groups is 5. The lowest BCUT2D eigenvalue weighted by Gasteiger charge is -2.29. The first-order valence-corrected chi connectivity index (χ1v) is 19.1. The molecule has 2 aromatic carbocycles. The van der Waals surface area contributed by atoms with Crippen LogP contribution in [0.1, 0.15) is 106 Å². The van der Waals surface area contributed by atoms with Gasteiger partial charge < -0.3 is 20.7 Å². The molecule has 6 rings (SSSR count). The van der Waals surface area contributed by atoms with Gasteiger partial charge in [-0.25, -0.2) is 9.78 Å². The minimum Gasteiger partial charge on any atom is -0.444 e. The molecule has 2 heterocycles. The first kappa shape index (κ1) is 37.9. The van der Waals surface area contributed by atoms with Crippen molar-refractivity contribution in [2.24, 2.45) is 23.7 Å². The van der Waals surface area contributed by atoms with Crippen LogP contribution in [0.3, 0.4) is 0 Å². The molecule has 1 aliphatic heterocycles. The number of aromatic nitrogens is 1. The fraction of sp³-hybridized carbons (Fsp3) is 0.488. The van der Waals surface area contributed by atoms with E-state index in [0.29, 0.717) is 61.6 Å². The minimum atomic E-state index is -0.605. The summed E-state index contributed by atoms with van der Waals surface area (Å²) in [4.78, 5) is 69.1. The summed E-state index contributed by atoms with van der Waals surface area (Å²) in [5.74, 6) is -0.126. The van der Waals surface area contributed by atoms with E-state index in [4.69, 9.17) is 4.74 Å². The molecule has 0 saturated heterocycles. The molecule has 1 atom stereocenters. The number of benzene rings is 2. The minimum absolute atomic E-state index is 0.0786. The van der Waals surface area contributed by atoms with Crippen molar-refractivity contribution in [3.05, 3.63) is 77.1 Å². The third-order valence-electron chi connectivity index (χ3n) is 10.9. The number of nitrogens with zero attached hydrogens (tertiary/aromatic N) is 1. The van der Waals surface area contributed by atoms with Gasteiger partial charge in [0.25, 0.3) is 0 Å². The molecule has 3 aromatic rings. The lowest BCUT2D eigenvalue weighted by molar-refractivity contribution is -0.129. The molecule has 3 amide bonds. The number of aryl methyl sites for hydroxylation is 1. The SMILES string of the molecule is Cc1nc(C(=O)CC2CCC2)ccc1-c1ccc(C[C@H](CC(=O)C2CCC(CNC(=O)OC(C)(C)C)CC2)C(=O)Nc2ccc3c(c2)NC(=O)C3)cc1. The maximum atomic E-state index is 13.9. The Labute approximate surface area is 312 Å². The van der Waals surface area contributed by atoms with Crippen LogP contribution in [-0.2, 0) is 32.0 Å². The fourth-order valence-electron chi connectivity index (χ4n) is 7.62. The van der Waals surface area contributed by atoms with Crippen molar-refractivity contribution in [2.75, 3.05) is 17.2 Å². The monoisotopic (exact) mass is 720 g/mol. The Morgan fingerprint density at radius 2 is 1.66 bits per heavy atom. The number of alkyl carbamates (subject to hydrolysis) is 1. The molecule has 3 aliphatic rings. The molecule has 0 spiro atoms. The summed E-state index contributed by atoms with van der Waals surface area (Å²) >= 11 is 0. The lowest BCUT2D eigenvalue weighted by atomic mass is 9.77. The van der Waals surface area contributed by atoms with Crippen molar-refractivity contribution in [3.8, 4) is 11.1 Å². The van der Waals surface area contributed by atoms with E-state index < -0.39 is 17.6 Å². The number of ether oxygens (including phenoxy) is 1. The van der Waals surface area contributed by atoms with Crippen molar-refractivity contribution in [2.45, 2.75) is 104 Å². The quantitative estimate of drug-likeness (QED) is 0.152. The molecule has 2 saturated carbocycles. The highest BCUT2D eigenvalue weighted by Crippen LogP contribution is 2.33. The highest BCUT2D eigenvalue weighted by Gasteiger charge is 2.31. The number of hydrogen-bond acceptors (Lipinski definition) is 7. The second-order valence-electron chi connectivity index (χ2n) is 16.2. The Hall–Kier alpha value is -4.86. The normalized spacial score (nSPS) is 19.0. The maximum Gasteiger partial charge on any atom is 0.407 e. The lowest BCUT2D eigenvalue weighted by Crippen LogP contribution is -2.37. The van der Waals surface area contributed by atoms with Gasteiger partial charge >= 0.3 is 6.09 Å². The van der Waals surface area contributed by atoms with Gasteiger partial charge in [-0.05, 0) is 107 Å². The average molecular weight is 721 g/mol. The highest BCUT2D eigenvalue weighted by atomic mass is 16.6. The van der Waals surface area contributed by atoms with Gasteiger partial charge in [-0.15, -0.1) is 0 Å². The molecule has 0 unspecified atom stereocenters. The topological polar surface area (TPSA) is 144 Å². The number of amides is 3. The molecule has 0 bridgehead atoms. The molecular formula is C43H52N4O6. The molecule has 0 radical (unpaired) electrons. The summed E-state index contributed by atoms with van der Waals surface area (Å²) in [6.07, 6.45) is 7.44. The summed E-state index contributed by atoms with van der Waals surface area (Å²) in [5, 5.41) is 8.71. The van der Waals surface area contributed by atoms with E-state index >= 15 is 0 Å². The van der Waals surface area contributed by atoms with Gasteiger partial charge in [-0.1, -0.05) is 55.7 Å². The van der Waals surface area contributed by atoms with Crippen molar-refractivity contribution in [3.63, 3.8) is 0 Å². The zero-order chi connectivity index (χ0) is 37.7. The summed E-state index contributed by atoms with van der Waals surface area (Å²) in [7, 11) is 0. The van der Waals surface area contributed by atoms with Crippen molar-refractivity contribution >= 4 is 40.8 Å². The van der Waals surface area contributed by atoms with Crippen LogP contribution < -0.4 is 16.0 Å². The summed E-state index contributed by atoms with van der Waals surface area (Å²) in [6, 6.07) is 17.2. The van der Waals surface area contributed by atoms with Gasteiger partial charge in [0.2, 0.25) is 11.8 Å². The number of fused-ring (bicyclic) bond motifs is 1. The molecule has 280 valence electrons. The standard InChI is InChI=1S/C43H52N4O6/c1-26-35(18-19-36(45-26)39(49)21-27-6-5-7-27)30-12-8-28(9-13-30)20-33(41(51)46-34-17-16-32-23-40(50)47-37(32)24-34)22-38(48)31-14-10-29(11-15-31)25-44-42(52)53-43(2,3)4/h8-9,12-13,16-19,24,27,29,31,33H,5-7,10-11,14-15,20-23,25H2,1-4H3,(H,44,52)(H,46,51)(H,47,50)/t29?,31?,33-/m1/s1. The van der Waals surface area contributed by atoms with E-state index in [9.17, 15) is 24.0 Å². The first-order chi connectivity index (χ1) is 25.3. The van der Waals surface area contributed by atoms with Gasteiger partial charge in [-0.2, -0.15) is 0 Å². The summed E-state index contributed by atoms with van der Waals surface area (Å²) in [5.41, 5.74) is 5.73. The predicted octanol–water partition coefficient (Wildman–Crippen LogP) is 8.01. The molecule has 1 aromatic heterocycles. The van der Waals surface area contributed by atoms with Gasteiger partial charge in [0.05, 0.1) is 6.42 Å². The largest absolute Gasteiger partial charge is 0.444 e. The number of anilines is 2. The van der Waals surface area contributed by atoms with E-state index in [1.807, 2.05) is 70.2 Å². The van der Waals surface area contributed by atoms with Crippen molar-refractivity contribution in [1.82, 2.24) is 10.3 Å². The zero-order valence-corrected chi connectivity index (χ0v) is 31.4. The molecule has 10 heteroatoms. The molecule has 2 fully saturated rings. The number of Topliss-reactive ketones (excluding diaryl/α,β-unsaturated/α-hetero) is 2. The van der Waals surface area contributed by atoms with E-state index in [2.05, 4.69) is 20.9 Å². The Morgan fingerprint density at radius 3 is 2.32 bits per heavy atom. The van der Waals surface area contributed by atoms with Gasteiger partial charge in [0.1, 0.15) is 17.1 Å². The summed E-state index contributed by atoms with van der Waals surface area (Å²) < 4.78 is 5.36.